The standard InChI is InChI=1S/C23H16F3N3O/c1-23(2,30)19-5-6-29-20(12-28-22(29)21(19)26)14-7-13(8-17(25)9-14)18-4-3-16(24)10-15(18)11-27/h3-10,12,30H,1-2H3. The fraction of sp³-hybridized carbons (Fsp3) is 0.130. The van der Waals surface area contributed by atoms with Crippen molar-refractivity contribution in [1.29, 1.82) is 5.26 Å². The topological polar surface area (TPSA) is 61.3 Å². The SMILES string of the molecule is CC(C)(O)c1ccn2c(-c3cc(F)cc(-c4ccc(F)cc4C#N)c3)cnc2c1F. The monoisotopic (exact) mass is 407 g/mol. The molecular formula is C23H16F3N3O. The molecule has 2 aromatic carbocycles. The number of aromatic nitrogens is 2. The van der Waals surface area contributed by atoms with Gasteiger partial charge in [0, 0.05) is 17.3 Å². The average Bonchev–Trinajstić information content (AvgIpc) is 3.11. The second-order valence-corrected chi connectivity index (χ2v) is 7.47. The number of nitrogens with zero attached hydrogens (tertiary/aromatic N) is 3. The summed E-state index contributed by atoms with van der Waals surface area (Å²) in [5.41, 5.74) is 0.362. The van der Waals surface area contributed by atoms with Crippen LogP contribution in [0.15, 0.2) is 54.9 Å². The molecule has 2 heterocycles. The normalized spacial score (nSPS) is 11.6. The van der Waals surface area contributed by atoms with Crippen LogP contribution in [0.25, 0.3) is 28.0 Å². The number of hydrogen-bond donors (Lipinski definition) is 1. The molecule has 150 valence electrons. The molecule has 0 saturated heterocycles. The fourth-order valence-corrected chi connectivity index (χ4v) is 3.46. The number of rotatable bonds is 3. The highest BCUT2D eigenvalue weighted by Crippen LogP contribution is 2.32. The predicted molar refractivity (Wildman–Crippen MR) is 106 cm³/mol. The van der Waals surface area contributed by atoms with Gasteiger partial charge in [-0.2, -0.15) is 5.26 Å². The molecule has 0 saturated carbocycles. The summed E-state index contributed by atoms with van der Waals surface area (Å²) >= 11 is 0. The number of benzene rings is 2. The Balaban J connectivity index is 1.90. The maximum atomic E-state index is 14.9. The van der Waals surface area contributed by atoms with E-state index >= 15 is 0 Å². The summed E-state index contributed by atoms with van der Waals surface area (Å²) in [6.45, 7) is 2.94. The Labute approximate surface area is 170 Å². The maximum absolute atomic E-state index is 14.9. The molecule has 0 atom stereocenters. The van der Waals surface area contributed by atoms with Gasteiger partial charge >= 0.3 is 0 Å². The highest BCUT2D eigenvalue weighted by atomic mass is 19.1. The first-order valence-corrected chi connectivity index (χ1v) is 9.08. The molecule has 7 heteroatoms. The van der Waals surface area contributed by atoms with Crippen molar-refractivity contribution >= 4 is 5.65 Å². The minimum atomic E-state index is -1.39. The molecule has 4 rings (SSSR count). The molecule has 0 amide bonds. The van der Waals surface area contributed by atoms with Gasteiger partial charge in [0.1, 0.15) is 11.6 Å². The minimum absolute atomic E-state index is 0.00469. The predicted octanol–water partition coefficient (Wildman–Crippen LogP) is 5.18. The second kappa shape index (κ2) is 7.01. The molecule has 2 aromatic heterocycles. The van der Waals surface area contributed by atoms with Crippen molar-refractivity contribution in [3.05, 3.63) is 83.4 Å². The molecule has 0 radical (unpaired) electrons. The Morgan fingerprint density at radius 3 is 2.43 bits per heavy atom. The summed E-state index contributed by atoms with van der Waals surface area (Å²) in [4.78, 5) is 4.10. The Morgan fingerprint density at radius 1 is 1.00 bits per heavy atom. The molecule has 30 heavy (non-hydrogen) atoms. The van der Waals surface area contributed by atoms with Crippen LogP contribution in [0.1, 0.15) is 25.0 Å². The van der Waals surface area contributed by atoms with Gasteiger partial charge in [-0.15, -0.1) is 0 Å². The lowest BCUT2D eigenvalue weighted by Crippen LogP contribution is -2.18. The van der Waals surface area contributed by atoms with Crippen molar-refractivity contribution < 1.29 is 18.3 Å². The van der Waals surface area contributed by atoms with Gasteiger partial charge in [-0.3, -0.25) is 4.40 Å². The highest BCUT2D eigenvalue weighted by Gasteiger charge is 2.24. The molecule has 0 aliphatic heterocycles. The first-order chi connectivity index (χ1) is 14.2. The summed E-state index contributed by atoms with van der Waals surface area (Å²) < 4.78 is 44.2. The Bertz CT molecular complexity index is 1330. The van der Waals surface area contributed by atoms with Gasteiger partial charge in [-0.25, -0.2) is 18.2 Å². The van der Waals surface area contributed by atoms with E-state index in [1.807, 2.05) is 6.07 Å². The number of halogens is 3. The molecule has 0 spiro atoms. The van der Waals surface area contributed by atoms with Crippen molar-refractivity contribution in [2.75, 3.05) is 0 Å². The Hall–Kier alpha value is -3.63. The average molecular weight is 407 g/mol. The zero-order valence-electron chi connectivity index (χ0n) is 16.1. The summed E-state index contributed by atoms with van der Waals surface area (Å²) in [5, 5.41) is 19.4. The van der Waals surface area contributed by atoms with Crippen molar-refractivity contribution in [3.8, 4) is 28.5 Å². The third-order valence-corrected chi connectivity index (χ3v) is 4.89. The van der Waals surface area contributed by atoms with Crippen molar-refractivity contribution in [1.82, 2.24) is 9.38 Å². The Kier molecular flexibility index (Phi) is 4.60. The van der Waals surface area contributed by atoms with Crippen molar-refractivity contribution in [2.24, 2.45) is 0 Å². The lowest BCUT2D eigenvalue weighted by molar-refractivity contribution is 0.0746. The van der Waals surface area contributed by atoms with Crippen LogP contribution in [0.3, 0.4) is 0 Å². The van der Waals surface area contributed by atoms with E-state index in [0.717, 1.165) is 6.07 Å². The summed E-state index contributed by atoms with van der Waals surface area (Å²) in [6, 6.07) is 11.2. The molecule has 4 nitrogen and oxygen atoms in total. The van der Waals surface area contributed by atoms with Crippen LogP contribution in [-0.2, 0) is 5.60 Å². The number of nitriles is 1. The third-order valence-electron chi connectivity index (χ3n) is 4.89. The number of fused-ring (bicyclic) bond motifs is 1. The van der Waals surface area contributed by atoms with Gasteiger partial charge in [-0.1, -0.05) is 6.07 Å². The van der Waals surface area contributed by atoms with E-state index in [1.54, 1.807) is 12.3 Å². The molecule has 1 N–H and O–H groups in total. The van der Waals surface area contributed by atoms with Gasteiger partial charge in [0.15, 0.2) is 11.5 Å². The van der Waals surface area contributed by atoms with Crippen LogP contribution in [0.4, 0.5) is 13.2 Å². The molecule has 0 bridgehead atoms. The van der Waals surface area contributed by atoms with Crippen molar-refractivity contribution in [3.63, 3.8) is 0 Å². The molecule has 0 aliphatic rings. The first-order valence-electron chi connectivity index (χ1n) is 9.08. The lowest BCUT2D eigenvalue weighted by atomic mass is 9.97. The van der Waals surface area contributed by atoms with E-state index in [4.69, 9.17) is 0 Å². The molecule has 4 aromatic rings. The number of imidazole rings is 1. The first kappa shape index (κ1) is 19.7. The van der Waals surface area contributed by atoms with Crippen LogP contribution in [0, 0.1) is 28.8 Å². The Morgan fingerprint density at radius 2 is 1.73 bits per heavy atom. The fourth-order valence-electron chi connectivity index (χ4n) is 3.46. The molecule has 0 fully saturated rings. The van der Waals surface area contributed by atoms with E-state index in [-0.39, 0.29) is 16.8 Å². The van der Waals surface area contributed by atoms with Crippen LogP contribution < -0.4 is 0 Å². The van der Waals surface area contributed by atoms with E-state index in [0.29, 0.717) is 22.4 Å². The van der Waals surface area contributed by atoms with E-state index < -0.39 is 23.1 Å². The van der Waals surface area contributed by atoms with Crippen LogP contribution >= 0.6 is 0 Å². The second-order valence-electron chi connectivity index (χ2n) is 7.47. The van der Waals surface area contributed by atoms with Gasteiger partial charge in [0.2, 0.25) is 0 Å². The van der Waals surface area contributed by atoms with E-state index in [1.165, 1.54) is 54.8 Å². The number of hydrogen-bond acceptors (Lipinski definition) is 3. The third kappa shape index (κ3) is 3.31. The van der Waals surface area contributed by atoms with Gasteiger partial charge < -0.3 is 5.11 Å². The zero-order valence-corrected chi connectivity index (χ0v) is 16.1. The van der Waals surface area contributed by atoms with Gasteiger partial charge in [0.05, 0.1) is 29.1 Å². The van der Waals surface area contributed by atoms with Gasteiger partial charge in [0.25, 0.3) is 0 Å². The van der Waals surface area contributed by atoms with Crippen LogP contribution in [0.5, 0.6) is 0 Å². The van der Waals surface area contributed by atoms with Crippen molar-refractivity contribution in [2.45, 2.75) is 19.4 Å². The lowest BCUT2D eigenvalue weighted by Gasteiger charge is -2.18. The van der Waals surface area contributed by atoms with E-state index in [9.17, 15) is 23.5 Å². The summed E-state index contributed by atoms with van der Waals surface area (Å²) in [5.74, 6) is -1.80. The highest BCUT2D eigenvalue weighted by molar-refractivity contribution is 5.76. The zero-order chi connectivity index (χ0) is 21.6. The largest absolute Gasteiger partial charge is 0.386 e. The molecule has 0 unspecified atom stereocenters. The minimum Gasteiger partial charge on any atom is -0.386 e. The quantitative estimate of drug-likeness (QED) is 0.509. The summed E-state index contributed by atoms with van der Waals surface area (Å²) in [7, 11) is 0. The van der Waals surface area contributed by atoms with E-state index in [2.05, 4.69) is 4.98 Å². The van der Waals surface area contributed by atoms with Crippen LogP contribution in [0.2, 0.25) is 0 Å². The molecular weight excluding hydrogens is 391 g/mol. The van der Waals surface area contributed by atoms with Crippen LogP contribution in [-0.4, -0.2) is 14.5 Å². The smallest absolute Gasteiger partial charge is 0.174 e. The van der Waals surface area contributed by atoms with Gasteiger partial charge in [-0.05, 0) is 61.4 Å². The maximum Gasteiger partial charge on any atom is 0.174 e. The molecule has 0 aliphatic carbocycles. The number of aliphatic hydroxyl groups is 1. The summed E-state index contributed by atoms with van der Waals surface area (Å²) in [6.07, 6.45) is 2.96. The number of pyridine rings is 1.